The van der Waals surface area contributed by atoms with Crippen molar-refractivity contribution in [1.29, 1.82) is 0 Å². The first-order valence-electron chi connectivity index (χ1n) is 13.2. The average Bonchev–Trinajstić information content (AvgIpc) is 3.34. The van der Waals surface area contributed by atoms with Crippen LogP contribution in [-0.4, -0.2) is 53.8 Å². The third kappa shape index (κ3) is 5.57. The average molecular weight is 494 g/mol. The Kier molecular flexibility index (Phi) is 7.45. The zero-order valence-corrected chi connectivity index (χ0v) is 21.3. The van der Waals surface area contributed by atoms with Crippen LogP contribution in [0.4, 0.5) is 5.69 Å². The van der Waals surface area contributed by atoms with Gasteiger partial charge in [0.05, 0.1) is 5.92 Å². The number of nitrogens with one attached hydrogen (secondary N) is 1. The van der Waals surface area contributed by atoms with Crippen molar-refractivity contribution in [1.82, 2.24) is 9.80 Å². The van der Waals surface area contributed by atoms with Crippen LogP contribution in [0.15, 0.2) is 48.5 Å². The maximum atomic E-state index is 12.8. The SMILES string of the molecule is CN(C(=O)c1ccc(Cl)cc1)C1CCC(c2ccc(NC(=O)[C@@H]3C[C@H]4CCCCN4C3)cc2)CC1. The minimum Gasteiger partial charge on any atom is -0.339 e. The number of benzene rings is 2. The molecule has 6 heteroatoms. The number of amides is 2. The Balaban J connectivity index is 1.11. The lowest BCUT2D eigenvalue weighted by atomic mass is 9.81. The molecule has 0 bridgehead atoms. The number of piperidine rings is 1. The fourth-order valence-corrected chi connectivity index (χ4v) is 6.41. The van der Waals surface area contributed by atoms with E-state index in [2.05, 4.69) is 34.5 Å². The second-order valence-electron chi connectivity index (χ2n) is 10.6. The van der Waals surface area contributed by atoms with Crippen LogP contribution in [0.3, 0.4) is 0 Å². The molecule has 1 N–H and O–H groups in total. The number of fused-ring (bicyclic) bond motifs is 1. The zero-order valence-electron chi connectivity index (χ0n) is 20.6. The van der Waals surface area contributed by atoms with Gasteiger partial charge in [-0.3, -0.25) is 14.5 Å². The van der Waals surface area contributed by atoms with Gasteiger partial charge in [-0.25, -0.2) is 0 Å². The molecule has 2 aliphatic heterocycles. The van der Waals surface area contributed by atoms with Crippen LogP contribution in [0.5, 0.6) is 0 Å². The number of hydrogen-bond donors (Lipinski definition) is 1. The van der Waals surface area contributed by atoms with Crippen molar-refractivity contribution >= 4 is 29.1 Å². The molecule has 3 fully saturated rings. The fourth-order valence-electron chi connectivity index (χ4n) is 6.28. The van der Waals surface area contributed by atoms with Gasteiger partial charge in [0.25, 0.3) is 5.91 Å². The second-order valence-corrected chi connectivity index (χ2v) is 11.1. The van der Waals surface area contributed by atoms with Gasteiger partial charge in [0, 0.05) is 41.9 Å². The van der Waals surface area contributed by atoms with E-state index in [1.165, 1.54) is 24.8 Å². The van der Waals surface area contributed by atoms with E-state index < -0.39 is 0 Å². The standard InChI is InChI=1S/C29H36ClN3O2/c1-32(29(35)22-5-11-24(30)12-6-22)26-15-9-21(10-16-26)20-7-13-25(14-8-20)31-28(34)23-18-27-4-2-3-17-33(27)19-23/h5-8,11-14,21,23,26-27H,2-4,9-10,15-19H2,1H3,(H,31,34)/t21?,23-,26?,27-/m1/s1. The molecule has 1 aliphatic carbocycles. The van der Waals surface area contributed by atoms with E-state index in [9.17, 15) is 9.59 Å². The van der Waals surface area contributed by atoms with Gasteiger partial charge in [-0.2, -0.15) is 0 Å². The summed E-state index contributed by atoms with van der Waals surface area (Å²) >= 11 is 5.96. The summed E-state index contributed by atoms with van der Waals surface area (Å²) in [4.78, 5) is 30.1. The Hall–Kier alpha value is -2.37. The van der Waals surface area contributed by atoms with Gasteiger partial charge >= 0.3 is 0 Å². The maximum Gasteiger partial charge on any atom is 0.253 e. The van der Waals surface area contributed by atoms with Crippen molar-refractivity contribution in [2.75, 3.05) is 25.5 Å². The van der Waals surface area contributed by atoms with E-state index >= 15 is 0 Å². The highest BCUT2D eigenvalue weighted by Gasteiger charge is 2.37. The summed E-state index contributed by atoms with van der Waals surface area (Å²) in [6.45, 7) is 2.06. The van der Waals surface area contributed by atoms with E-state index in [1.54, 1.807) is 24.3 Å². The van der Waals surface area contributed by atoms with Crippen LogP contribution in [-0.2, 0) is 4.79 Å². The van der Waals surface area contributed by atoms with Crippen molar-refractivity contribution in [3.63, 3.8) is 0 Å². The van der Waals surface area contributed by atoms with Crippen LogP contribution in [0.2, 0.25) is 5.02 Å². The molecule has 2 amide bonds. The first-order chi connectivity index (χ1) is 17.0. The van der Waals surface area contributed by atoms with E-state index in [-0.39, 0.29) is 23.8 Å². The summed E-state index contributed by atoms with van der Waals surface area (Å²) < 4.78 is 0. The van der Waals surface area contributed by atoms with E-state index in [4.69, 9.17) is 11.6 Å². The summed E-state index contributed by atoms with van der Waals surface area (Å²) in [5.74, 6) is 0.839. The molecule has 2 aromatic rings. The molecule has 5 nitrogen and oxygen atoms in total. The third-order valence-corrected chi connectivity index (χ3v) is 8.69. The van der Waals surface area contributed by atoms with Crippen molar-refractivity contribution in [3.05, 3.63) is 64.7 Å². The highest BCUT2D eigenvalue weighted by molar-refractivity contribution is 6.30. The van der Waals surface area contributed by atoms with E-state index in [0.29, 0.717) is 22.5 Å². The first-order valence-corrected chi connectivity index (χ1v) is 13.5. The lowest BCUT2D eigenvalue weighted by molar-refractivity contribution is -0.119. The molecule has 0 unspecified atom stereocenters. The molecule has 5 rings (SSSR count). The van der Waals surface area contributed by atoms with Gasteiger partial charge < -0.3 is 10.2 Å². The molecule has 1 saturated carbocycles. The molecule has 2 atom stereocenters. The minimum absolute atomic E-state index is 0.0588. The molecular weight excluding hydrogens is 458 g/mol. The Morgan fingerprint density at radius 2 is 1.66 bits per heavy atom. The summed E-state index contributed by atoms with van der Waals surface area (Å²) in [6, 6.07) is 16.4. The van der Waals surface area contributed by atoms with Gasteiger partial charge in [-0.05, 0) is 99.4 Å². The molecule has 2 saturated heterocycles. The Bertz CT molecular complexity index is 1020. The predicted octanol–water partition coefficient (Wildman–Crippen LogP) is 5.95. The van der Waals surface area contributed by atoms with Crippen LogP contribution < -0.4 is 5.32 Å². The summed E-state index contributed by atoms with van der Waals surface area (Å²) in [5, 5.41) is 3.80. The quantitative estimate of drug-likeness (QED) is 0.559. The predicted molar refractivity (Wildman–Crippen MR) is 141 cm³/mol. The Morgan fingerprint density at radius 1 is 0.943 bits per heavy atom. The van der Waals surface area contributed by atoms with Gasteiger partial charge in [0.15, 0.2) is 0 Å². The molecule has 35 heavy (non-hydrogen) atoms. The monoisotopic (exact) mass is 493 g/mol. The number of carbonyl (C=O) groups is 2. The first kappa shape index (κ1) is 24.3. The third-order valence-electron chi connectivity index (χ3n) is 8.44. The number of rotatable bonds is 5. The normalized spacial score (nSPS) is 26.7. The largest absolute Gasteiger partial charge is 0.339 e. The van der Waals surface area contributed by atoms with Gasteiger partial charge in [0.2, 0.25) is 5.91 Å². The number of halogens is 1. The number of anilines is 1. The van der Waals surface area contributed by atoms with Gasteiger partial charge in [-0.1, -0.05) is 30.2 Å². The summed E-state index contributed by atoms with van der Waals surface area (Å²) in [7, 11) is 1.91. The number of carbonyl (C=O) groups excluding carboxylic acids is 2. The highest BCUT2D eigenvalue weighted by Crippen LogP contribution is 2.36. The summed E-state index contributed by atoms with van der Waals surface area (Å²) in [6.07, 6.45) is 8.93. The molecule has 2 heterocycles. The second kappa shape index (κ2) is 10.7. The Labute approximate surface area is 213 Å². The van der Waals surface area contributed by atoms with Crippen LogP contribution in [0.25, 0.3) is 0 Å². The van der Waals surface area contributed by atoms with Crippen molar-refractivity contribution in [3.8, 4) is 0 Å². The lowest BCUT2D eigenvalue weighted by Crippen LogP contribution is -2.39. The zero-order chi connectivity index (χ0) is 24.4. The molecule has 3 aliphatic rings. The van der Waals surface area contributed by atoms with Crippen LogP contribution in [0.1, 0.15) is 73.2 Å². The van der Waals surface area contributed by atoms with E-state index in [0.717, 1.165) is 50.9 Å². The van der Waals surface area contributed by atoms with Crippen LogP contribution >= 0.6 is 11.6 Å². The highest BCUT2D eigenvalue weighted by atomic mass is 35.5. The molecular formula is C29H36ClN3O2. The van der Waals surface area contributed by atoms with Crippen molar-refractivity contribution in [2.24, 2.45) is 5.92 Å². The van der Waals surface area contributed by atoms with Crippen molar-refractivity contribution < 1.29 is 9.59 Å². The maximum absolute atomic E-state index is 12.8. The molecule has 2 aromatic carbocycles. The Morgan fingerprint density at radius 3 is 2.34 bits per heavy atom. The van der Waals surface area contributed by atoms with Gasteiger partial charge in [-0.15, -0.1) is 0 Å². The molecule has 0 spiro atoms. The van der Waals surface area contributed by atoms with Gasteiger partial charge in [0.1, 0.15) is 0 Å². The van der Waals surface area contributed by atoms with E-state index in [1.807, 2.05) is 11.9 Å². The fraction of sp³-hybridized carbons (Fsp3) is 0.517. The summed E-state index contributed by atoms with van der Waals surface area (Å²) in [5.41, 5.74) is 2.90. The lowest BCUT2D eigenvalue weighted by Gasteiger charge is -2.35. The topological polar surface area (TPSA) is 52.7 Å². The number of nitrogens with zero attached hydrogens (tertiary/aromatic N) is 2. The minimum atomic E-state index is 0.0588. The number of hydrogen-bond acceptors (Lipinski definition) is 3. The molecule has 0 aromatic heterocycles. The molecule has 0 radical (unpaired) electrons. The van der Waals surface area contributed by atoms with Crippen LogP contribution in [0, 0.1) is 5.92 Å². The van der Waals surface area contributed by atoms with Crippen molar-refractivity contribution in [2.45, 2.75) is 69.4 Å². The smallest absolute Gasteiger partial charge is 0.253 e. The molecule has 186 valence electrons.